The summed E-state index contributed by atoms with van der Waals surface area (Å²) in [5.74, 6) is 4.41. The van der Waals surface area contributed by atoms with E-state index < -0.39 is 5.82 Å². The Kier molecular flexibility index (Phi) is 4.77. The zero-order valence-corrected chi connectivity index (χ0v) is 9.14. The molecule has 0 heterocycles. The monoisotopic (exact) mass is 240 g/mol. The van der Waals surface area contributed by atoms with Crippen LogP contribution in [0.2, 0.25) is 5.02 Å². The smallest absolute Gasteiger partial charge is 0.234 e. The Morgan fingerprint density at radius 1 is 1.56 bits per heavy atom. The molecule has 0 aliphatic carbocycles. The molecule has 0 radical (unpaired) electrons. The van der Waals surface area contributed by atoms with Crippen molar-refractivity contribution in [3.8, 4) is 11.8 Å². The maximum atomic E-state index is 13.2. The maximum absolute atomic E-state index is 13.2. The molecular formula is C11H10ClFN2O. The van der Waals surface area contributed by atoms with E-state index >= 15 is 0 Å². The predicted octanol–water partition coefficient (Wildman–Crippen LogP) is 0.906. The van der Waals surface area contributed by atoms with Gasteiger partial charge in [0.1, 0.15) is 5.82 Å². The van der Waals surface area contributed by atoms with Crippen molar-refractivity contribution in [3.63, 3.8) is 0 Å². The van der Waals surface area contributed by atoms with E-state index in [0.717, 1.165) is 0 Å². The molecule has 3 N–H and O–H groups in total. The molecule has 0 aliphatic heterocycles. The molecule has 5 heteroatoms. The van der Waals surface area contributed by atoms with Gasteiger partial charge in [0.05, 0.1) is 18.7 Å². The SMILES string of the molecule is NCC(=O)NCC#Cc1ccc(Cl)cc1F. The number of hydrogen-bond acceptors (Lipinski definition) is 2. The molecule has 1 amide bonds. The molecule has 0 saturated heterocycles. The summed E-state index contributed by atoms with van der Waals surface area (Å²) in [6.07, 6.45) is 0. The third-order valence-corrected chi connectivity index (χ3v) is 1.95. The lowest BCUT2D eigenvalue weighted by molar-refractivity contribution is -0.119. The van der Waals surface area contributed by atoms with Crippen LogP contribution in [0.1, 0.15) is 5.56 Å². The van der Waals surface area contributed by atoms with Gasteiger partial charge in [-0.1, -0.05) is 23.4 Å². The van der Waals surface area contributed by atoms with Crippen LogP contribution in [-0.4, -0.2) is 19.0 Å². The molecule has 0 aromatic heterocycles. The van der Waals surface area contributed by atoms with E-state index in [-0.39, 0.29) is 24.6 Å². The number of carbonyl (C=O) groups is 1. The number of carbonyl (C=O) groups excluding carboxylic acids is 1. The Labute approximate surface area is 97.8 Å². The lowest BCUT2D eigenvalue weighted by atomic mass is 10.2. The highest BCUT2D eigenvalue weighted by atomic mass is 35.5. The van der Waals surface area contributed by atoms with Gasteiger partial charge >= 0.3 is 0 Å². The van der Waals surface area contributed by atoms with Crippen molar-refractivity contribution in [3.05, 3.63) is 34.6 Å². The van der Waals surface area contributed by atoms with Crippen LogP contribution in [0.5, 0.6) is 0 Å². The highest BCUT2D eigenvalue weighted by molar-refractivity contribution is 6.30. The zero-order chi connectivity index (χ0) is 12.0. The van der Waals surface area contributed by atoms with E-state index in [2.05, 4.69) is 17.2 Å². The minimum Gasteiger partial charge on any atom is -0.344 e. The van der Waals surface area contributed by atoms with Crippen LogP contribution >= 0.6 is 11.6 Å². The van der Waals surface area contributed by atoms with Crippen molar-refractivity contribution in [1.82, 2.24) is 5.32 Å². The van der Waals surface area contributed by atoms with Gasteiger partial charge in [-0.05, 0) is 18.2 Å². The number of nitrogens with one attached hydrogen (secondary N) is 1. The summed E-state index contributed by atoms with van der Waals surface area (Å²) in [7, 11) is 0. The van der Waals surface area contributed by atoms with Gasteiger partial charge in [0, 0.05) is 5.02 Å². The van der Waals surface area contributed by atoms with Gasteiger partial charge in [0.2, 0.25) is 5.91 Å². The quantitative estimate of drug-likeness (QED) is 0.755. The van der Waals surface area contributed by atoms with Crippen molar-refractivity contribution in [2.24, 2.45) is 5.73 Å². The summed E-state index contributed by atoms with van der Waals surface area (Å²) in [5.41, 5.74) is 5.31. The van der Waals surface area contributed by atoms with Crippen LogP contribution in [0.25, 0.3) is 0 Å². The molecule has 0 fully saturated rings. The molecule has 1 aromatic rings. The third kappa shape index (κ3) is 3.89. The predicted molar refractivity (Wildman–Crippen MR) is 60.4 cm³/mol. The Balaban J connectivity index is 2.60. The molecule has 0 spiro atoms. The summed E-state index contributed by atoms with van der Waals surface area (Å²) < 4.78 is 13.2. The highest BCUT2D eigenvalue weighted by Crippen LogP contribution is 2.13. The van der Waals surface area contributed by atoms with Gasteiger partial charge in [0.25, 0.3) is 0 Å². The fourth-order valence-electron chi connectivity index (χ4n) is 0.945. The molecule has 0 unspecified atom stereocenters. The number of hydrogen-bond donors (Lipinski definition) is 2. The Morgan fingerprint density at radius 2 is 2.31 bits per heavy atom. The van der Waals surface area contributed by atoms with Crippen molar-refractivity contribution in [2.75, 3.05) is 13.1 Å². The van der Waals surface area contributed by atoms with E-state index in [1.54, 1.807) is 6.07 Å². The Hall–Kier alpha value is -1.57. The van der Waals surface area contributed by atoms with Gasteiger partial charge in [-0.15, -0.1) is 0 Å². The van der Waals surface area contributed by atoms with E-state index in [9.17, 15) is 9.18 Å². The average molecular weight is 241 g/mol. The van der Waals surface area contributed by atoms with Gasteiger partial charge in [0.15, 0.2) is 0 Å². The van der Waals surface area contributed by atoms with Gasteiger partial charge in [-0.25, -0.2) is 4.39 Å². The summed E-state index contributed by atoms with van der Waals surface area (Å²) in [4.78, 5) is 10.7. The molecule has 1 rings (SSSR count). The summed E-state index contributed by atoms with van der Waals surface area (Å²) in [5, 5.41) is 2.77. The first kappa shape index (κ1) is 12.5. The maximum Gasteiger partial charge on any atom is 0.234 e. The van der Waals surface area contributed by atoms with Crippen molar-refractivity contribution < 1.29 is 9.18 Å². The lowest BCUT2D eigenvalue weighted by Crippen LogP contribution is -2.30. The first-order valence-electron chi connectivity index (χ1n) is 4.54. The van der Waals surface area contributed by atoms with Crippen LogP contribution in [0.3, 0.4) is 0 Å². The molecular weight excluding hydrogens is 231 g/mol. The van der Waals surface area contributed by atoms with Gasteiger partial charge < -0.3 is 11.1 Å². The minimum atomic E-state index is -0.481. The minimum absolute atomic E-state index is 0.0863. The average Bonchev–Trinajstić information content (AvgIpc) is 2.26. The second kappa shape index (κ2) is 6.11. The van der Waals surface area contributed by atoms with Crippen LogP contribution in [0.15, 0.2) is 18.2 Å². The molecule has 0 atom stereocenters. The van der Waals surface area contributed by atoms with Crippen LogP contribution < -0.4 is 11.1 Å². The number of amides is 1. The Bertz CT molecular complexity index is 451. The van der Waals surface area contributed by atoms with Crippen molar-refractivity contribution >= 4 is 17.5 Å². The summed E-state index contributed by atoms with van der Waals surface area (Å²) >= 11 is 5.58. The topological polar surface area (TPSA) is 55.1 Å². The van der Waals surface area contributed by atoms with E-state index in [4.69, 9.17) is 17.3 Å². The number of nitrogens with two attached hydrogens (primary N) is 1. The molecule has 84 valence electrons. The molecule has 3 nitrogen and oxygen atoms in total. The standard InChI is InChI=1S/C11H10ClFN2O/c12-9-4-3-8(10(13)6-9)2-1-5-15-11(16)7-14/h3-4,6H,5,7,14H2,(H,15,16). The lowest BCUT2D eigenvalue weighted by Gasteiger charge is -1.96. The summed E-state index contributed by atoms with van der Waals surface area (Å²) in [6.45, 7) is 0.0507. The normalized spacial score (nSPS) is 9.19. The Morgan fingerprint density at radius 3 is 2.94 bits per heavy atom. The van der Waals surface area contributed by atoms with E-state index in [1.807, 2.05) is 0 Å². The molecule has 0 aliphatic rings. The number of halogens is 2. The first-order chi connectivity index (χ1) is 7.63. The van der Waals surface area contributed by atoms with Crippen LogP contribution in [0, 0.1) is 17.7 Å². The molecule has 16 heavy (non-hydrogen) atoms. The van der Waals surface area contributed by atoms with Crippen molar-refractivity contribution in [1.29, 1.82) is 0 Å². The first-order valence-corrected chi connectivity index (χ1v) is 4.92. The third-order valence-electron chi connectivity index (χ3n) is 1.71. The van der Waals surface area contributed by atoms with E-state index in [0.29, 0.717) is 5.02 Å². The largest absolute Gasteiger partial charge is 0.344 e. The fraction of sp³-hybridized carbons (Fsp3) is 0.182. The second-order valence-corrected chi connectivity index (χ2v) is 3.34. The van der Waals surface area contributed by atoms with Gasteiger partial charge in [-0.3, -0.25) is 4.79 Å². The summed E-state index contributed by atoms with van der Waals surface area (Å²) in [6, 6.07) is 4.21. The van der Waals surface area contributed by atoms with Gasteiger partial charge in [-0.2, -0.15) is 0 Å². The molecule has 0 bridgehead atoms. The number of benzene rings is 1. The zero-order valence-electron chi connectivity index (χ0n) is 8.39. The van der Waals surface area contributed by atoms with E-state index in [1.165, 1.54) is 12.1 Å². The molecule has 0 saturated carbocycles. The number of rotatable bonds is 2. The molecule has 1 aromatic carbocycles. The van der Waals surface area contributed by atoms with Crippen LogP contribution in [0.4, 0.5) is 4.39 Å². The van der Waals surface area contributed by atoms with Crippen LogP contribution in [-0.2, 0) is 4.79 Å². The second-order valence-electron chi connectivity index (χ2n) is 2.91. The van der Waals surface area contributed by atoms with Crippen molar-refractivity contribution in [2.45, 2.75) is 0 Å². The highest BCUT2D eigenvalue weighted by Gasteiger charge is 1.98. The fourth-order valence-corrected chi connectivity index (χ4v) is 1.10.